The predicted octanol–water partition coefficient (Wildman–Crippen LogP) is 4.04. The Labute approximate surface area is 192 Å². The SMILES string of the molecule is CC1(C)C(C(=O)N(Cc2ccc(F)cc2)C2CC(=O)N(c3ccc(C#N)cc3)C2=O)C1(C)C. The van der Waals surface area contributed by atoms with E-state index in [1.54, 1.807) is 36.4 Å². The van der Waals surface area contributed by atoms with Gasteiger partial charge in [-0.1, -0.05) is 39.8 Å². The number of hydrogen-bond acceptors (Lipinski definition) is 4. The molecule has 1 unspecified atom stereocenters. The van der Waals surface area contributed by atoms with E-state index in [0.29, 0.717) is 16.8 Å². The first kappa shape index (κ1) is 22.7. The van der Waals surface area contributed by atoms with Gasteiger partial charge in [0, 0.05) is 12.5 Å². The normalized spacial score (nSPS) is 21.1. The Balaban J connectivity index is 1.67. The van der Waals surface area contributed by atoms with Crippen LogP contribution in [-0.4, -0.2) is 28.7 Å². The van der Waals surface area contributed by atoms with E-state index >= 15 is 0 Å². The number of imide groups is 1. The first-order chi connectivity index (χ1) is 15.5. The summed E-state index contributed by atoms with van der Waals surface area (Å²) in [6, 6.07) is 13.0. The Morgan fingerprint density at radius 2 is 1.64 bits per heavy atom. The molecule has 0 aromatic heterocycles. The third kappa shape index (κ3) is 3.70. The number of carbonyl (C=O) groups excluding carboxylic acids is 3. The largest absolute Gasteiger partial charge is 0.325 e. The minimum absolute atomic E-state index is 0.104. The van der Waals surface area contributed by atoms with Crippen LogP contribution in [0.4, 0.5) is 10.1 Å². The zero-order valence-corrected chi connectivity index (χ0v) is 19.1. The second-order valence-corrected chi connectivity index (χ2v) is 9.91. The van der Waals surface area contributed by atoms with Crippen LogP contribution in [0, 0.1) is 33.9 Å². The summed E-state index contributed by atoms with van der Waals surface area (Å²) in [5.41, 5.74) is 0.972. The van der Waals surface area contributed by atoms with Crippen LogP contribution < -0.4 is 4.90 Å². The van der Waals surface area contributed by atoms with Crippen molar-refractivity contribution in [3.63, 3.8) is 0 Å². The number of carbonyl (C=O) groups is 3. The minimum atomic E-state index is -0.946. The molecule has 0 spiro atoms. The number of hydrogen-bond donors (Lipinski definition) is 0. The molecule has 2 fully saturated rings. The number of halogens is 1. The summed E-state index contributed by atoms with van der Waals surface area (Å²) in [5.74, 6) is -1.74. The summed E-state index contributed by atoms with van der Waals surface area (Å²) in [6.45, 7) is 8.20. The Bertz CT molecular complexity index is 1150. The third-order valence-electron chi connectivity index (χ3n) is 7.57. The average molecular weight is 448 g/mol. The van der Waals surface area contributed by atoms with Crippen molar-refractivity contribution in [1.82, 2.24) is 4.90 Å². The lowest BCUT2D eigenvalue weighted by atomic mass is 10.0. The topological polar surface area (TPSA) is 81.5 Å². The van der Waals surface area contributed by atoms with Crippen LogP contribution in [0.3, 0.4) is 0 Å². The van der Waals surface area contributed by atoms with E-state index < -0.39 is 17.9 Å². The van der Waals surface area contributed by atoms with Crippen molar-refractivity contribution in [3.8, 4) is 6.07 Å². The molecule has 1 heterocycles. The monoisotopic (exact) mass is 447 g/mol. The van der Waals surface area contributed by atoms with Crippen molar-refractivity contribution in [2.45, 2.75) is 46.7 Å². The van der Waals surface area contributed by atoms with E-state index in [1.807, 2.05) is 33.8 Å². The molecule has 2 aromatic rings. The highest BCUT2D eigenvalue weighted by Crippen LogP contribution is 2.69. The summed E-state index contributed by atoms with van der Waals surface area (Å²) in [4.78, 5) is 42.6. The Hall–Kier alpha value is -3.53. The van der Waals surface area contributed by atoms with Gasteiger partial charge in [-0.2, -0.15) is 5.26 Å². The predicted molar refractivity (Wildman–Crippen MR) is 120 cm³/mol. The maximum Gasteiger partial charge on any atom is 0.257 e. The molecule has 1 saturated carbocycles. The molecule has 0 bridgehead atoms. The van der Waals surface area contributed by atoms with Gasteiger partial charge >= 0.3 is 0 Å². The first-order valence-corrected chi connectivity index (χ1v) is 10.9. The van der Waals surface area contributed by atoms with E-state index in [4.69, 9.17) is 5.26 Å². The van der Waals surface area contributed by atoms with Crippen LogP contribution in [0.5, 0.6) is 0 Å². The van der Waals surface area contributed by atoms with Gasteiger partial charge < -0.3 is 4.90 Å². The number of nitrogens with zero attached hydrogens (tertiary/aromatic N) is 3. The average Bonchev–Trinajstić information content (AvgIpc) is 3.01. The number of amides is 3. The molecule has 2 aromatic carbocycles. The van der Waals surface area contributed by atoms with Crippen molar-refractivity contribution < 1.29 is 18.8 Å². The lowest BCUT2D eigenvalue weighted by Crippen LogP contribution is -2.46. The highest BCUT2D eigenvalue weighted by atomic mass is 19.1. The van der Waals surface area contributed by atoms with Crippen LogP contribution in [0.15, 0.2) is 48.5 Å². The van der Waals surface area contributed by atoms with Crippen molar-refractivity contribution in [2.75, 3.05) is 4.90 Å². The van der Waals surface area contributed by atoms with Gasteiger partial charge in [0.1, 0.15) is 11.9 Å². The summed E-state index contributed by atoms with van der Waals surface area (Å²) in [5, 5.41) is 9.01. The third-order valence-corrected chi connectivity index (χ3v) is 7.57. The zero-order valence-electron chi connectivity index (χ0n) is 19.1. The van der Waals surface area contributed by atoms with Crippen molar-refractivity contribution in [2.24, 2.45) is 16.7 Å². The van der Waals surface area contributed by atoms with Crippen LogP contribution >= 0.6 is 0 Å². The highest BCUT2D eigenvalue weighted by Gasteiger charge is 2.69. The molecule has 33 heavy (non-hydrogen) atoms. The first-order valence-electron chi connectivity index (χ1n) is 10.9. The molecule has 0 N–H and O–H groups in total. The molecule has 1 saturated heterocycles. The molecule has 2 aliphatic rings. The van der Waals surface area contributed by atoms with E-state index in [1.165, 1.54) is 17.0 Å². The van der Waals surface area contributed by atoms with Gasteiger partial charge in [-0.3, -0.25) is 14.4 Å². The van der Waals surface area contributed by atoms with Gasteiger partial charge in [0.05, 0.1) is 23.7 Å². The van der Waals surface area contributed by atoms with Crippen LogP contribution in [0.1, 0.15) is 45.2 Å². The fourth-order valence-electron chi connectivity index (χ4n) is 4.92. The Kier molecular flexibility index (Phi) is 5.36. The van der Waals surface area contributed by atoms with Gasteiger partial charge in [-0.15, -0.1) is 0 Å². The number of anilines is 1. The fourth-order valence-corrected chi connectivity index (χ4v) is 4.92. The smallest absolute Gasteiger partial charge is 0.257 e. The summed E-state index contributed by atoms with van der Waals surface area (Å²) >= 11 is 0. The molecule has 170 valence electrons. The molecule has 6 nitrogen and oxygen atoms in total. The Morgan fingerprint density at radius 3 is 2.15 bits per heavy atom. The molecule has 3 amide bonds. The second-order valence-electron chi connectivity index (χ2n) is 9.91. The standard InChI is InChI=1S/C26H26FN3O3/c1-25(2)22(26(25,3)4)24(33)29(15-17-5-9-18(27)10-6-17)20-13-21(31)30(23(20)32)19-11-7-16(14-28)8-12-19/h5-12,20,22H,13,15H2,1-4H3. The van der Waals surface area contributed by atoms with Crippen molar-refractivity contribution in [3.05, 3.63) is 65.5 Å². The molecule has 7 heteroatoms. The number of nitriles is 1. The molecule has 1 aliphatic carbocycles. The molecule has 1 atom stereocenters. The van der Waals surface area contributed by atoms with Crippen LogP contribution in [0.25, 0.3) is 0 Å². The number of benzene rings is 2. The van der Waals surface area contributed by atoms with E-state index in [0.717, 1.165) is 4.90 Å². The molecular formula is C26H26FN3O3. The summed E-state index contributed by atoms with van der Waals surface area (Å²) in [7, 11) is 0. The zero-order chi connectivity index (χ0) is 24.1. The summed E-state index contributed by atoms with van der Waals surface area (Å²) in [6.07, 6.45) is -0.126. The van der Waals surface area contributed by atoms with Gasteiger partial charge in [-0.25, -0.2) is 9.29 Å². The molecular weight excluding hydrogens is 421 g/mol. The van der Waals surface area contributed by atoms with Crippen molar-refractivity contribution in [1.29, 1.82) is 5.26 Å². The van der Waals surface area contributed by atoms with E-state index in [9.17, 15) is 18.8 Å². The van der Waals surface area contributed by atoms with Gasteiger partial charge in [-0.05, 0) is 52.8 Å². The molecule has 1 aliphatic heterocycles. The quantitative estimate of drug-likeness (QED) is 0.648. The Morgan fingerprint density at radius 1 is 1.06 bits per heavy atom. The van der Waals surface area contributed by atoms with Gasteiger partial charge in [0.15, 0.2) is 0 Å². The second kappa shape index (κ2) is 7.80. The lowest BCUT2D eigenvalue weighted by molar-refractivity contribution is -0.141. The van der Waals surface area contributed by atoms with E-state index in [-0.39, 0.29) is 41.4 Å². The van der Waals surface area contributed by atoms with Gasteiger partial charge in [0.25, 0.3) is 5.91 Å². The van der Waals surface area contributed by atoms with Crippen LogP contribution in [0.2, 0.25) is 0 Å². The molecule has 4 rings (SSSR count). The number of rotatable bonds is 5. The lowest BCUT2D eigenvalue weighted by Gasteiger charge is -2.29. The fraction of sp³-hybridized carbons (Fsp3) is 0.385. The maximum atomic E-state index is 13.7. The van der Waals surface area contributed by atoms with Gasteiger partial charge in [0.2, 0.25) is 11.8 Å². The van der Waals surface area contributed by atoms with Crippen molar-refractivity contribution >= 4 is 23.4 Å². The van der Waals surface area contributed by atoms with E-state index in [2.05, 4.69) is 0 Å². The maximum absolute atomic E-state index is 13.7. The minimum Gasteiger partial charge on any atom is -0.325 e. The highest BCUT2D eigenvalue weighted by molar-refractivity contribution is 6.23. The summed E-state index contributed by atoms with van der Waals surface area (Å²) < 4.78 is 13.4. The molecule has 0 radical (unpaired) electrons. The van der Waals surface area contributed by atoms with Crippen LogP contribution in [-0.2, 0) is 20.9 Å².